The molecule has 0 aromatic carbocycles. The summed E-state index contributed by atoms with van der Waals surface area (Å²) in [4.78, 5) is 2.32. The molecule has 2 aliphatic rings. The van der Waals surface area contributed by atoms with Crippen LogP contribution in [0.15, 0.2) is 0 Å². The first-order valence-electron chi connectivity index (χ1n) is 6.91. The molecule has 1 saturated carbocycles. The predicted molar refractivity (Wildman–Crippen MR) is 72.7 cm³/mol. The maximum absolute atomic E-state index is 12.1. The van der Waals surface area contributed by atoms with Gasteiger partial charge in [-0.1, -0.05) is 6.92 Å². The molecule has 1 aliphatic carbocycles. The Bertz CT molecular complexity index is 360. The first-order chi connectivity index (χ1) is 8.51. The normalized spacial score (nSPS) is 25.2. The van der Waals surface area contributed by atoms with Crippen molar-refractivity contribution in [3.8, 4) is 0 Å². The van der Waals surface area contributed by atoms with Crippen molar-refractivity contribution in [3.63, 3.8) is 0 Å². The molecule has 18 heavy (non-hydrogen) atoms. The summed E-state index contributed by atoms with van der Waals surface area (Å²) in [6, 6.07) is 0. The molecule has 0 radical (unpaired) electrons. The van der Waals surface area contributed by atoms with Crippen LogP contribution in [0.4, 0.5) is 0 Å². The van der Waals surface area contributed by atoms with Gasteiger partial charge in [0.15, 0.2) is 0 Å². The van der Waals surface area contributed by atoms with Gasteiger partial charge in [0.25, 0.3) is 0 Å². The first-order valence-corrected chi connectivity index (χ1v) is 8.52. The highest BCUT2D eigenvalue weighted by molar-refractivity contribution is 7.89. The van der Waals surface area contributed by atoms with E-state index < -0.39 is 10.0 Å². The maximum atomic E-state index is 12.1. The second-order valence-electron chi connectivity index (χ2n) is 5.76. The van der Waals surface area contributed by atoms with E-state index in [4.69, 9.17) is 5.73 Å². The molecule has 2 rings (SSSR count). The Hall–Kier alpha value is -0.170. The summed E-state index contributed by atoms with van der Waals surface area (Å²) in [5.41, 5.74) is 5.61. The average Bonchev–Trinajstić information content (AvgIpc) is 3.13. The summed E-state index contributed by atoms with van der Waals surface area (Å²) in [6.07, 6.45) is 2.18. The number of nitrogens with zero attached hydrogens (tertiary/aromatic N) is 2. The Balaban J connectivity index is 1.78. The molecule has 0 spiro atoms. The number of nitrogens with two attached hydrogens (primary N) is 1. The molecular weight excluding hydrogens is 250 g/mol. The van der Waals surface area contributed by atoms with Gasteiger partial charge >= 0.3 is 0 Å². The number of hydrogen-bond acceptors (Lipinski definition) is 4. The van der Waals surface area contributed by atoms with Crippen molar-refractivity contribution >= 4 is 10.0 Å². The van der Waals surface area contributed by atoms with Gasteiger partial charge in [-0.25, -0.2) is 8.42 Å². The Morgan fingerprint density at radius 3 is 2.33 bits per heavy atom. The number of sulfonamides is 1. The van der Waals surface area contributed by atoms with E-state index in [0.29, 0.717) is 37.2 Å². The third-order valence-corrected chi connectivity index (χ3v) is 5.88. The van der Waals surface area contributed by atoms with Gasteiger partial charge in [0.1, 0.15) is 0 Å². The highest BCUT2D eigenvalue weighted by Crippen LogP contribution is 2.31. The van der Waals surface area contributed by atoms with E-state index in [9.17, 15) is 8.42 Å². The van der Waals surface area contributed by atoms with Crippen molar-refractivity contribution in [2.75, 3.05) is 45.0 Å². The highest BCUT2D eigenvalue weighted by atomic mass is 32.2. The SMILES string of the molecule is CC(CN)CN1CCN(S(=O)(=O)CC2CC2)CC1. The van der Waals surface area contributed by atoms with Gasteiger partial charge in [-0.3, -0.25) is 0 Å². The van der Waals surface area contributed by atoms with Gasteiger partial charge in [-0.15, -0.1) is 0 Å². The molecule has 2 N–H and O–H groups in total. The van der Waals surface area contributed by atoms with Gasteiger partial charge in [0.05, 0.1) is 5.75 Å². The standard InChI is InChI=1S/C12H25N3O2S/c1-11(8-13)9-14-4-6-15(7-5-14)18(16,17)10-12-2-3-12/h11-12H,2-10,13H2,1H3. The lowest BCUT2D eigenvalue weighted by molar-refractivity contribution is 0.170. The third-order valence-electron chi connectivity index (χ3n) is 3.84. The highest BCUT2D eigenvalue weighted by Gasteiger charge is 2.33. The summed E-state index contributed by atoms with van der Waals surface area (Å²) in [5.74, 6) is 1.29. The van der Waals surface area contributed by atoms with Crippen LogP contribution in [0.3, 0.4) is 0 Å². The average molecular weight is 275 g/mol. The van der Waals surface area contributed by atoms with Crippen LogP contribution in [-0.2, 0) is 10.0 Å². The minimum absolute atomic E-state index is 0.367. The molecule has 0 aromatic heterocycles. The number of rotatable bonds is 6. The van der Waals surface area contributed by atoms with E-state index in [0.717, 1.165) is 32.5 Å². The Morgan fingerprint density at radius 1 is 1.22 bits per heavy atom. The molecule has 1 aliphatic heterocycles. The van der Waals surface area contributed by atoms with Crippen LogP contribution in [0.1, 0.15) is 19.8 Å². The minimum atomic E-state index is -3.00. The Labute approximate surface area is 110 Å². The van der Waals surface area contributed by atoms with Crippen LogP contribution < -0.4 is 5.73 Å². The van der Waals surface area contributed by atoms with Gasteiger partial charge < -0.3 is 10.6 Å². The van der Waals surface area contributed by atoms with Crippen LogP contribution >= 0.6 is 0 Å². The van der Waals surface area contributed by atoms with E-state index in [2.05, 4.69) is 11.8 Å². The molecule has 1 heterocycles. The second-order valence-corrected chi connectivity index (χ2v) is 7.78. The lowest BCUT2D eigenvalue weighted by Crippen LogP contribution is -2.50. The molecule has 0 amide bonds. The fourth-order valence-electron chi connectivity index (χ4n) is 2.39. The van der Waals surface area contributed by atoms with E-state index in [1.807, 2.05) is 0 Å². The summed E-state index contributed by atoms with van der Waals surface area (Å²) in [7, 11) is -3.00. The number of hydrogen-bond donors (Lipinski definition) is 1. The third kappa shape index (κ3) is 3.91. The topological polar surface area (TPSA) is 66.6 Å². The van der Waals surface area contributed by atoms with Crippen molar-refractivity contribution in [2.45, 2.75) is 19.8 Å². The molecule has 5 nitrogen and oxygen atoms in total. The van der Waals surface area contributed by atoms with E-state index in [1.165, 1.54) is 0 Å². The van der Waals surface area contributed by atoms with Crippen molar-refractivity contribution in [3.05, 3.63) is 0 Å². The molecule has 0 bridgehead atoms. The smallest absolute Gasteiger partial charge is 0.214 e. The maximum Gasteiger partial charge on any atom is 0.214 e. The van der Waals surface area contributed by atoms with Crippen LogP contribution in [0.2, 0.25) is 0 Å². The lowest BCUT2D eigenvalue weighted by Gasteiger charge is -2.35. The minimum Gasteiger partial charge on any atom is -0.330 e. The summed E-state index contributed by atoms with van der Waals surface area (Å²) in [5, 5.41) is 0. The molecule has 6 heteroatoms. The fourth-order valence-corrected chi connectivity index (χ4v) is 4.25. The zero-order valence-corrected chi connectivity index (χ0v) is 12.0. The Morgan fingerprint density at radius 2 is 1.83 bits per heavy atom. The van der Waals surface area contributed by atoms with Gasteiger partial charge in [-0.05, 0) is 31.2 Å². The zero-order chi connectivity index (χ0) is 13.2. The van der Waals surface area contributed by atoms with Crippen LogP contribution in [0.5, 0.6) is 0 Å². The van der Waals surface area contributed by atoms with Crippen LogP contribution in [-0.4, -0.2) is 62.6 Å². The zero-order valence-electron chi connectivity index (χ0n) is 11.2. The van der Waals surface area contributed by atoms with E-state index >= 15 is 0 Å². The predicted octanol–water partition coefficient (Wildman–Crippen LogP) is -0.0614. The first kappa shape index (κ1) is 14.2. The van der Waals surface area contributed by atoms with Gasteiger partial charge in [0, 0.05) is 32.7 Å². The van der Waals surface area contributed by atoms with Gasteiger partial charge in [0.2, 0.25) is 10.0 Å². The van der Waals surface area contributed by atoms with Crippen molar-refractivity contribution in [2.24, 2.45) is 17.6 Å². The molecule has 2 fully saturated rings. The molecule has 106 valence electrons. The summed E-state index contributed by atoms with van der Waals surface area (Å²) in [6.45, 7) is 6.78. The fraction of sp³-hybridized carbons (Fsp3) is 1.00. The van der Waals surface area contributed by atoms with E-state index in [1.54, 1.807) is 4.31 Å². The molecule has 1 unspecified atom stereocenters. The molecular formula is C12H25N3O2S. The lowest BCUT2D eigenvalue weighted by atomic mass is 10.1. The van der Waals surface area contributed by atoms with Gasteiger partial charge in [-0.2, -0.15) is 4.31 Å². The van der Waals surface area contributed by atoms with Crippen LogP contribution in [0.25, 0.3) is 0 Å². The molecule has 1 atom stereocenters. The van der Waals surface area contributed by atoms with Crippen molar-refractivity contribution in [1.82, 2.24) is 9.21 Å². The van der Waals surface area contributed by atoms with Crippen molar-refractivity contribution in [1.29, 1.82) is 0 Å². The summed E-state index contributed by atoms with van der Waals surface area (Å²) < 4.78 is 25.9. The second kappa shape index (κ2) is 5.86. The van der Waals surface area contributed by atoms with E-state index in [-0.39, 0.29) is 0 Å². The Kier molecular flexibility index (Phi) is 4.64. The summed E-state index contributed by atoms with van der Waals surface area (Å²) >= 11 is 0. The monoisotopic (exact) mass is 275 g/mol. The van der Waals surface area contributed by atoms with Crippen LogP contribution in [0, 0.1) is 11.8 Å². The number of piperazine rings is 1. The van der Waals surface area contributed by atoms with Crippen molar-refractivity contribution < 1.29 is 8.42 Å². The largest absolute Gasteiger partial charge is 0.330 e. The quantitative estimate of drug-likeness (QED) is 0.737. The molecule has 1 saturated heterocycles. The molecule has 0 aromatic rings.